The Labute approximate surface area is 118 Å². The van der Waals surface area contributed by atoms with E-state index >= 15 is 0 Å². The number of nitrogens with two attached hydrogens (primary N) is 1. The monoisotopic (exact) mass is 319 g/mol. The summed E-state index contributed by atoms with van der Waals surface area (Å²) in [5.74, 6) is -3.02. The number of hydrogen-bond acceptors (Lipinski definition) is 6. The lowest BCUT2D eigenvalue weighted by Gasteiger charge is -2.07. The summed E-state index contributed by atoms with van der Waals surface area (Å²) < 4.78 is 59.1. The van der Waals surface area contributed by atoms with E-state index < -0.39 is 32.3 Å². The van der Waals surface area contributed by atoms with Crippen molar-refractivity contribution in [2.24, 2.45) is 5.14 Å². The molecule has 2 N–H and O–H groups in total. The largest absolute Gasteiger partial charge is 0.481 e. The molecule has 10 heteroatoms. The number of benzene rings is 1. The van der Waals surface area contributed by atoms with Crippen molar-refractivity contribution in [3.8, 4) is 5.75 Å². The van der Waals surface area contributed by atoms with Gasteiger partial charge in [-0.25, -0.2) is 17.9 Å². The molecule has 1 heterocycles. The quantitative estimate of drug-likeness (QED) is 0.885. The molecule has 0 aliphatic rings. The molecule has 0 fully saturated rings. The Bertz CT molecular complexity index is 761. The highest BCUT2D eigenvalue weighted by atomic mass is 32.2. The van der Waals surface area contributed by atoms with Crippen LogP contribution in [0.4, 0.5) is 8.78 Å². The van der Waals surface area contributed by atoms with Crippen molar-refractivity contribution in [3.05, 3.63) is 35.5 Å². The van der Waals surface area contributed by atoms with Crippen LogP contribution in [-0.2, 0) is 23.1 Å². The number of nitrogens with zero attached hydrogens (tertiary/aromatic N) is 2. The normalized spacial score (nSPS) is 11.6. The Morgan fingerprint density at radius 2 is 2.05 bits per heavy atom. The van der Waals surface area contributed by atoms with Gasteiger partial charge in [-0.2, -0.15) is 9.37 Å². The molecule has 0 saturated carbocycles. The van der Waals surface area contributed by atoms with Crippen LogP contribution in [0.1, 0.15) is 18.6 Å². The van der Waals surface area contributed by atoms with Gasteiger partial charge in [0.1, 0.15) is 4.90 Å². The fourth-order valence-electron chi connectivity index (χ4n) is 1.48. The number of halogens is 2. The van der Waals surface area contributed by atoms with E-state index in [1.54, 1.807) is 0 Å². The molecule has 1 aromatic carbocycles. The summed E-state index contributed by atoms with van der Waals surface area (Å²) in [6, 6.07) is 1.77. The molecule has 114 valence electrons. The molecule has 0 atom stereocenters. The van der Waals surface area contributed by atoms with Gasteiger partial charge in [-0.3, -0.25) is 0 Å². The van der Waals surface area contributed by atoms with Crippen LogP contribution in [0.2, 0.25) is 0 Å². The summed E-state index contributed by atoms with van der Waals surface area (Å²) in [5.41, 5.74) is 0. The predicted octanol–water partition coefficient (Wildman–Crippen LogP) is 1.14. The van der Waals surface area contributed by atoms with Crippen LogP contribution >= 0.6 is 0 Å². The molecule has 0 aliphatic carbocycles. The molecule has 0 amide bonds. The first-order valence-corrected chi connectivity index (χ1v) is 7.32. The third-order valence-electron chi connectivity index (χ3n) is 2.50. The fourth-order valence-corrected chi connectivity index (χ4v) is 2.07. The second-order valence-corrected chi connectivity index (χ2v) is 5.51. The van der Waals surface area contributed by atoms with Crippen molar-refractivity contribution in [1.82, 2.24) is 10.1 Å². The maximum absolute atomic E-state index is 13.7. The lowest BCUT2D eigenvalue weighted by molar-refractivity contribution is 0.230. The second kappa shape index (κ2) is 5.74. The van der Waals surface area contributed by atoms with E-state index in [4.69, 9.17) is 14.4 Å². The summed E-state index contributed by atoms with van der Waals surface area (Å²) in [6.45, 7) is 1.54. The van der Waals surface area contributed by atoms with Gasteiger partial charge in [0.15, 0.2) is 24.0 Å². The lowest BCUT2D eigenvalue weighted by atomic mass is 10.3. The molecule has 0 bridgehead atoms. The Morgan fingerprint density at radius 1 is 1.33 bits per heavy atom. The zero-order chi connectivity index (χ0) is 15.6. The van der Waals surface area contributed by atoms with Crippen LogP contribution in [0.3, 0.4) is 0 Å². The first kappa shape index (κ1) is 15.3. The number of aryl methyl sites for hydroxylation is 1. The Balaban J connectivity index is 2.20. The molecule has 0 radical (unpaired) electrons. The molecular formula is C11H11F2N3O4S. The summed E-state index contributed by atoms with van der Waals surface area (Å²) in [6.07, 6.45) is 0.551. The maximum Gasteiger partial charge on any atom is 0.264 e. The fraction of sp³-hybridized carbons (Fsp3) is 0.273. The molecular weight excluding hydrogens is 308 g/mol. The van der Waals surface area contributed by atoms with E-state index in [0.717, 1.165) is 12.1 Å². The summed E-state index contributed by atoms with van der Waals surface area (Å²) >= 11 is 0. The van der Waals surface area contributed by atoms with E-state index in [0.29, 0.717) is 12.2 Å². The number of ether oxygens (including phenoxy) is 1. The molecule has 7 nitrogen and oxygen atoms in total. The Kier molecular flexibility index (Phi) is 4.19. The smallest absolute Gasteiger partial charge is 0.264 e. The highest BCUT2D eigenvalue weighted by molar-refractivity contribution is 7.89. The molecule has 0 unspecified atom stereocenters. The third kappa shape index (κ3) is 3.34. The van der Waals surface area contributed by atoms with Crippen LogP contribution in [-0.4, -0.2) is 18.6 Å². The van der Waals surface area contributed by atoms with Gasteiger partial charge in [0.2, 0.25) is 15.8 Å². The van der Waals surface area contributed by atoms with Gasteiger partial charge < -0.3 is 9.26 Å². The van der Waals surface area contributed by atoms with Crippen LogP contribution < -0.4 is 9.88 Å². The summed E-state index contributed by atoms with van der Waals surface area (Å²) in [5, 5.41) is 8.35. The van der Waals surface area contributed by atoms with Crippen molar-refractivity contribution in [1.29, 1.82) is 0 Å². The summed E-state index contributed by atoms with van der Waals surface area (Å²) in [7, 11) is -4.35. The maximum atomic E-state index is 13.7. The van der Waals surface area contributed by atoms with Crippen molar-refractivity contribution >= 4 is 10.0 Å². The minimum absolute atomic E-state index is 0.0854. The van der Waals surface area contributed by atoms with Gasteiger partial charge in [0.05, 0.1) is 0 Å². The molecule has 1 aromatic heterocycles. The number of rotatable bonds is 5. The van der Waals surface area contributed by atoms with Crippen molar-refractivity contribution in [2.45, 2.75) is 24.8 Å². The van der Waals surface area contributed by atoms with E-state index in [2.05, 4.69) is 10.1 Å². The van der Waals surface area contributed by atoms with Crippen LogP contribution in [0.25, 0.3) is 0 Å². The van der Waals surface area contributed by atoms with E-state index in [1.807, 2.05) is 6.92 Å². The topological polar surface area (TPSA) is 108 Å². The molecule has 2 aromatic rings. The molecule has 0 aliphatic heterocycles. The van der Waals surface area contributed by atoms with Gasteiger partial charge in [-0.1, -0.05) is 12.1 Å². The molecule has 2 rings (SSSR count). The highest BCUT2D eigenvalue weighted by Gasteiger charge is 2.21. The lowest BCUT2D eigenvalue weighted by Crippen LogP contribution is -2.15. The third-order valence-corrected chi connectivity index (χ3v) is 3.42. The zero-order valence-electron chi connectivity index (χ0n) is 10.8. The average molecular weight is 319 g/mol. The Hall–Kier alpha value is -2.07. The van der Waals surface area contributed by atoms with Gasteiger partial charge >= 0.3 is 0 Å². The first-order valence-electron chi connectivity index (χ1n) is 5.78. The SMILES string of the molecule is CCc1noc(COc2ccc(S(N)(=O)=O)c(F)c2F)n1. The van der Waals surface area contributed by atoms with Gasteiger partial charge in [-0.15, -0.1) is 0 Å². The van der Waals surface area contributed by atoms with Gasteiger partial charge in [-0.05, 0) is 12.1 Å². The summed E-state index contributed by atoms with van der Waals surface area (Å²) in [4.78, 5) is 2.97. The Morgan fingerprint density at radius 3 is 2.62 bits per heavy atom. The first-order chi connectivity index (χ1) is 9.82. The van der Waals surface area contributed by atoms with Gasteiger partial charge in [0, 0.05) is 6.42 Å². The van der Waals surface area contributed by atoms with Crippen molar-refractivity contribution < 1.29 is 26.5 Å². The number of hydrogen-bond donors (Lipinski definition) is 1. The standard InChI is InChI=1S/C11H11F2N3O4S/c1-2-8-15-9(20-16-8)5-19-6-3-4-7(21(14,17)18)11(13)10(6)12/h3-4H,2,5H2,1H3,(H2,14,17,18). The van der Waals surface area contributed by atoms with Gasteiger partial charge in [0.25, 0.3) is 5.89 Å². The van der Waals surface area contributed by atoms with E-state index in [1.165, 1.54) is 0 Å². The van der Waals surface area contributed by atoms with E-state index in [9.17, 15) is 17.2 Å². The predicted molar refractivity (Wildman–Crippen MR) is 65.7 cm³/mol. The highest BCUT2D eigenvalue weighted by Crippen LogP contribution is 2.25. The van der Waals surface area contributed by atoms with Crippen molar-refractivity contribution in [3.63, 3.8) is 0 Å². The number of sulfonamides is 1. The zero-order valence-corrected chi connectivity index (χ0v) is 11.7. The second-order valence-electron chi connectivity index (χ2n) is 3.98. The average Bonchev–Trinajstić information content (AvgIpc) is 2.87. The van der Waals surface area contributed by atoms with Crippen LogP contribution in [0, 0.1) is 11.6 Å². The van der Waals surface area contributed by atoms with Crippen LogP contribution in [0.15, 0.2) is 21.6 Å². The minimum atomic E-state index is -4.35. The van der Waals surface area contributed by atoms with Crippen molar-refractivity contribution in [2.75, 3.05) is 0 Å². The van der Waals surface area contributed by atoms with Crippen LogP contribution in [0.5, 0.6) is 5.75 Å². The molecule has 0 saturated heterocycles. The van der Waals surface area contributed by atoms with E-state index in [-0.39, 0.29) is 12.5 Å². The molecule has 21 heavy (non-hydrogen) atoms. The minimum Gasteiger partial charge on any atom is -0.481 e. The molecule has 0 spiro atoms. The number of primary sulfonamides is 1. The number of aromatic nitrogens is 2.